The summed E-state index contributed by atoms with van der Waals surface area (Å²) in [6, 6.07) is 13.4. The van der Waals surface area contributed by atoms with Gasteiger partial charge >= 0.3 is 12.2 Å². The molecule has 23 heavy (non-hydrogen) atoms. The topological polar surface area (TPSA) is 108 Å². The number of anilines is 2. The standard InChI is InChI=1S/C8H9NO3.C8H9NO2/c1-12-8(11)9-6-3-2-4-7(10)5-6;1-6-3-2-4-7(5-6)9-8(10)11/h2-5,10H,1H3,(H,9,11);2-5,9H,1H3,(H,10,11). The zero-order valence-corrected chi connectivity index (χ0v) is 12.7. The predicted molar refractivity (Wildman–Crippen MR) is 87.0 cm³/mol. The normalized spacial score (nSPS) is 9.13. The van der Waals surface area contributed by atoms with E-state index in [1.807, 2.05) is 13.0 Å². The summed E-state index contributed by atoms with van der Waals surface area (Å²) in [7, 11) is 1.28. The van der Waals surface area contributed by atoms with Crippen molar-refractivity contribution < 1.29 is 24.5 Å². The van der Waals surface area contributed by atoms with Crippen LogP contribution in [0, 0.1) is 6.92 Å². The van der Waals surface area contributed by atoms with E-state index in [1.165, 1.54) is 19.2 Å². The molecule has 4 N–H and O–H groups in total. The molecule has 0 saturated carbocycles. The number of amides is 2. The van der Waals surface area contributed by atoms with E-state index in [2.05, 4.69) is 15.4 Å². The number of carbonyl (C=O) groups is 2. The first-order valence-corrected chi connectivity index (χ1v) is 6.61. The van der Waals surface area contributed by atoms with E-state index in [-0.39, 0.29) is 5.75 Å². The van der Waals surface area contributed by atoms with Crippen LogP contribution in [-0.2, 0) is 4.74 Å². The molecule has 0 radical (unpaired) electrons. The van der Waals surface area contributed by atoms with E-state index in [1.54, 1.807) is 30.3 Å². The predicted octanol–water partition coefficient (Wildman–Crippen LogP) is 3.66. The summed E-state index contributed by atoms with van der Waals surface area (Å²) in [5.74, 6) is 0.101. The van der Waals surface area contributed by atoms with Crippen molar-refractivity contribution in [3.05, 3.63) is 54.1 Å². The highest BCUT2D eigenvalue weighted by Crippen LogP contribution is 2.15. The number of hydrogen-bond donors (Lipinski definition) is 4. The minimum atomic E-state index is -1.03. The van der Waals surface area contributed by atoms with Gasteiger partial charge in [0.25, 0.3) is 0 Å². The number of phenols is 1. The maximum Gasteiger partial charge on any atom is 0.411 e. The van der Waals surface area contributed by atoms with Gasteiger partial charge in [0.1, 0.15) is 5.75 Å². The van der Waals surface area contributed by atoms with Crippen LogP contribution in [0.2, 0.25) is 0 Å². The third-order valence-corrected chi connectivity index (χ3v) is 2.55. The summed E-state index contributed by atoms with van der Waals surface area (Å²) < 4.78 is 4.36. The van der Waals surface area contributed by atoms with Crippen LogP contribution < -0.4 is 10.6 Å². The number of aromatic hydroxyl groups is 1. The number of hydrogen-bond acceptors (Lipinski definition) is 4. The van der Waals surface area contributed by atoms with Gasteiger partial charge in [0.05, 0.1) is 7.11 Å². The summed E-state index contributed by atoms with van der Waals surface area (Å²) in [5, 5.41) is 22.0. The summed E-state index contributed by atoms with van der Waals surface area (Å²) in [6.45, 7) is 1.91. The van der Waals surface area contributed by atoms with Gasteiger partial charge in [-0.05, 0) is 36.8 Å². The third kappa shape index (κ3) is 7.37. The number of nitrogens with one attached hydrogen (secondary N) is 2. The van der Waals surface area contributed by atoms with Crippen molar-refractivity contribution in [1.29, 1.82) is 0 Å². The highest BCUT2D eigenvalue weighted by molar-refractivity contribution is 5.84. The zero-order valence-electron chi connectivity index (χ0n) is 12.7. The zero-order chi connectivity index (χ0) is 17.2. The van der Waals surface area contributed by atoms with Crippen LogP contribution in [0.15, 0.2) is 48.5 Å². The SMILES string of the molecule is COC(=O)Nc1cccc(O)c1.Cc1cccc(NC(=O)O)c1. The van der Waals surface area contributed by atoms with Crippen molar-refractivity contribution in [2.75, 3.05) is 17.7 Å². The van der Waals surface area contributed by atoms with Gasteiger partial charge in [-0.15, -0.1) is 0 Å². The molecule has 2 rings (SSSR count). The van der Waals surface area contributed by atoms with E-state index < -0.39 is 12.2 Å². The van der Waals surface area contributed by atoms with Crippen LogP contribution in [0.3, 0.4) is 0 Å². The number of rotatable bonds is 2. The first-order valence-electron chi connectivity index (χ1n) is 6.61. The average Bonchev–Trinajstić information content (AvgIpc) is 2.47. The van der Waals surface area contributed by atoms with E-state index in [0.29, 0.717) is 11.4 Å². The van der Waals surface area contributed by atoms with Gasteiger partial charge in [-0.3, -0.25) is 10.6 Å². The summed E-state index contributed by atoms with van der Waals surface area (Å²) in [5.41, 5.74) is 2.15. The van der Waals surface area contributed by atoms with Crippen molar-refractivity contribution in [2.45, 2.75) is 6.92 Å². The molecule has 0 aromatic heterocycles. The van der Waals surface area contributed by atoms with Crippen LogP contribution >= 0.6 is 0 Å². The monoisotopic (exact) mass is 318 g/mol. The Bertz CT molecular complexity index is 673. The molecule has 0 aliphatic rings. The molecule has 0 unspecified atom stereocenters. The highest BCUT2D eigenvalue weighted by Gasteiger charge is 1.99. The van der Waals surface area contributed by atoms with Crippen molar-refractivity contribution in [3.63, 3.8) is 0 Å². The number of carboxylic acid groups (broad SMARTS) is 1. The number of methoxy groups -OCH3 is 1. The van der Waals surface area contributed by atoms with Gasteiger partial charge in [-0.25, -0.2) is 9.59 Å². The Morgan fingerprint density at radius 1 is 1.00 bits per heavy atom. The molecule has 0 aliphatic heterocycles. The fraction of sp³-hybridized carbons (Fsp3) is 0.125. The van der Waals surface area contributed by atoms with Crippen molar-refractivity contribution >= 4 is 23.6 Å². The molecule has 0 aliphatic carbocycles. The Balaban J connectivity index is 0.000000231. The van der Waals surface area contributed by atoms with Crippen molar-refractivity contribution in [3.8, 4) is 5.75 Å². The van der Waals surface area contributed by atoms with Crippen molar-refractivity contribution in [2.24, 2.45) is 0 Å². The van der Waals surface area contributed by atoms with Gasteiger partial charge in [-0.1, -0.05) is 18.2 Å². The van der Waals surface area contributed by atoms with E-state index in [9.17, 15) is 9.59 Å². The van der Waals surface area contributed by atoms with Crippen LogP contribution in [0.1, 0.15) is 5.56 Å². The first-order chi connectivity index (χ1) is 10.9. The average molecular weight is 318 g/mol. The Morgan fingerprint density at radius 3 is 2.13 bits per heavy atom. The maximum atomic E-state index is 10.7. The van der Waals surface area contributed by atoms with E-state index in [4.69, 9.17) is 10.2 Å². The third-order valence-electron chi connectivity index (χ3n) is 2.55. The maximum absolute atomic E-state index is 10.7. The van der Waals surface area contributed by atoms with Crippen LogP contribution in [0.4, 0.5) is 21.0 Å². The van der Waals surface area contributed by atoms with Gasteiger partial charge in [0, 0.05) is 17.4 Å². The molecule has 0 heterocycles. The molecule has 0 spiro atoms. The number of benzene rings is 2. The van der Waals surface area contributed by atoms with Gasteiger partial charge in [-0.2, -0.15) is 0 Å². The van der Waals surface area contributed by atoms with Gasteiger partial charge in [0.15, 0.2) is 0 Å². The lowest BCUT2D eigenvalue weighted by atomic mass is 10.2. The number of carbonyl (C=O) groups excluding carboxylic acids is 1. The number of ether oxygens (including phenoxy) is 1. The minimum Gasteiger partial charge on any atom is -0.508 e. The lowest BCUT2D eigenvalue weighted by Gasteiger charge is -2.02. The molecule has 0 atom stereocenters. The molecule has 0 fully saturated rings. The lowest BCUT2D eigenvalue weighted by molar-refractivity contribution is 0.187. The second-order valence-corrected chi connectivity index (χ2v) is 4.47. The molecular weight excluding hydrogens is 300 g/mol. The summed E-state index contributed by atoms with van der Waals surface area (Å²) in [4.78, 5) is 20.8. The van der Waals surface area contributed by atoms with Crippen LogP contribution in [-0.4, -0.2) is 29.5 Å². The fourth-order valence-electron chi connectivity index (χ4n) is 1.60. The van der Waals surface area contributed by atoms with Crippen LogP contribution in [0.25, 0.3) is 0 Å². The second-order valence-electron chi connectivity index (χ2n) is 4.47. The highest BCUT2D eigenvalue weighted by atomic mass is 16.5. The Morgan fingerprint density at radius 2 is 1.61 bits per heavy atom. The summed E-state index contributed by atoms with van der Waals surface area (Å²) >= 11 is 0. The van der Waals surface area contributed by atoms with Crippen LogP contribution in [0.5, 0.6) is 5.75 Å². The van der Waals surface area contributed by atoms with E-state index >= 15 is 0 Å². The minimum absolute atomic E-state index is 0.101. The molecule has 7 heteroatoms. The Labute approximate surface area is 133 Å². The quantitative estimate of drug-likeness (QED) is 0.676. The summed E-state index contributed by atoms with van der Waals surface area (Å²) in [6.07, 6.45) is -1.59. The largest absolute Gasteiger partial charge is 0.508 e. The number of phenolic OH excluding ortho intramolecular Hbond substituents is 1. The molecule has 0 saturated heterocycles. The van der Waals surface area contributed by atoms with Gasteiger partial charge < -0.3 is 14.9 Å². The second kappa shape index (κ2) is 8.93. The molecular formula is C16H18N2O5. The molecule has 2 amide bonds. The number of aryl methyl sites for hydroxylation is 1. The Hall–Kier alpha value is -3.22. The molecule has 2 aromatic rings. The molecule has 2 aromatic carbocycles. The van der Waals surface area contributed by atoms with E-state index in [0.717, 1.165) is 5.56 Å². The fourth-order valence-corrected chi connectivity index (χ4v) is 1.60. The van der Waals surface area contributed by atoms with Gasteiger partial charge in [0.2, 0.25) is 0 Å². The van der Waals surface area contributed by atoms with Crippen molar-refractivity contribution in [1.82, 2.24) is 0 Å². The molecule has 0 bridgehead atoms. The molecule has 7 nitrogen and oxygen atoms in total. The first kappa shape index (κ1) is 17.8. The smallest absolute Gasteiger partial charge is 0.411 e. The Kier molecular flexibility index (Phi) is 6.93. The molecule has 122 valence electrons. The lowest BCUT2D eigenvalue weighted by Crippen LogP contribution is -2.10.